The minimum absolute atomic E-state index is 0.420. The highest BCUT2D eigenvalue weighted by molar-refractivity contribution is 7.89. The molecule has 0 aromatic heterocycles. The second kappa shape index (κ2) is 5.71. The number of fused-ring (bicyclic) bond motifs is 1. The molecule has 2 aliphatic heterocycles. The normalized spacial score (nSPS) is 24.4. The fourth-order valence-electron chi connectivity index (χ4n) is 3.35. The highest BCUT2D eigenvalue weighted by atomic mass is 32.2. The van der Waals surface area contributed by atoms with Crippen molar-refractivity contribution in [3.63, 3.8) is 0 Å². The van der Waals surface area contributed by atoms with Gasteiger partial charge < -0.3 is 0 Å². The SMILES string of the molecule is CC(C)c1ccc(S(=O)(=O)N2CCN3CCCC3C2)cc1. The molecule has 0 amide bonds. The fraction of sp³-hybridized carbons (Fsp3) is 0.625. The summed E-state index contributed by atoms with van der Waals surface area (Å²) < 4.78 is 27.2. The molecule has 2 fully saturated rings. The third-order valence-electron chi connectivity index (χ3n) is 4.73. The van der Waals surface area contributed by atoms with Gasteiger partial charge in [0.15, 0.2) is 0 Å². The molecule has 1 aromatic carbocycles. The third kappa shape index (κ3) is 2.87. The van der Waals surface area contributed by atoms with E-state index in [1.54, 1.807) is 16.4 Å². The summed E-state index contributed by atoms with van der Waals surface area (Å²) in [6, 6.07) is 7.80. The average molecular weight is 308 g/mol. The lowest BCUT2D eigenvalue weighted by molar-refractivity contribution is 0.158. The van der Waals surface area contributed by atoms with Gasteiger partial charge in [0, 0.05) is 25.7 Å². The van der Waals surface area contributed by atoms with Crippen molar-refractivity contribution in [1.29, 1.82) is 0 Å². The Balaban J connectivity index is 1.79. The molecule has 0 N–H and O–H groups in total. The molecular formula is C16H24N2O2S. The maximum absolute atomic E-state index is 12.8. The van der Waals surface area contributed by atoms with Crippen molar-refractivity contribution < 1.29 is 8.42 Å². The first kappa shape index (κ1) is 15.0. The van der Waals surface area contributed by atoms with Gasteiger partial charge in [-0.2, -0.15) is 4.31 Å². The van der Waals surface area contributed by atoms with Gasteiger partial charge in [0.25, 0.3) is 0 Å². The van der Waals surface area contributed by atoms with Crippen LogP contribution in [-0.2, 0) is 10.0 Å². The predicted molar refractivity (Wildman–Crippen MR) is 83.9 cm³/mol. The van der Waals surface area contributed by atoms with Crippen molar-refractivity contribution in [2.75, 3.05) is 26.2 Å². The number of hydrogen-bond acceptors (Lipinski definition) is 3. The van der Waals surface area contributed by atoms with Crippen LogP contribution in [0.4, 0.5) is 0 Å². The van der Waals surface area contributed by atoms with Crippen LogP contribution in [0, 0.1) is 0 Å². The van der Waals surface area contributed by atoms with Crippen LogP contribution < -0.4 is 0 Å². The monoisotopic (exact) mass is 308 g/mol. The van der Waals surface area contributed by atoms with E-state index in [2.05, 4.69) is 18.7 Å². The van der Waals surface area contributed by atoms with Gasteiger partial charge in [-0.15, -0.1) is 0 Å². The number of sulfonamides is 1. The molecule has 0 spiro atoms. The summed E-state index contributed by atoms with van der Waals surface area (Å²) in [7, 11) is -3.34. The van der Waals surface area contributed by atoms with Crippen LogP contribution in [0.5, 0.6) is 0 Å². The van der Waals surface area contributed by atoms with Gasteiger partial charge in [-0.3, -0.25) is 4.90 Å². The predicted octanol–water partition coefficient (Wildman–Crippen LogP) is 2.28. The summed E-state index contributed by atoms with van der Waals surface area (Å²) in [5.41, 5.74) is 1.18. The van der Waals surface area contributed by atoms with Crippen LogP contribution in [0.15, 0.2) is 29.2 Å². The molecule has 0 bridgehead atoms. The van der Waals surface area contributed by atoms with Crippen molar-refractivity contribution in [3.8, 4) is 0 Å². The number of rotatable bonds is 3. The Labute approximate surface area is 127 Å². The van der Waals surface area contributed by atoms with E-state index in [4.69, 9.17) is 0 Å². The molecule has 5 heteroatoms. The molecule has 4 nitrogen and oxygen atoms in total. The highest BCUT2D eigenvalue weighted by Gasteiger charge is 2.36. The van der Waals surface area contributed by atoms with Gasteiger partial charge in [-0.1, -0.05) is 26.0 Å². The standard InChI is InChI=1S/C16H24N2O2S/c1-13(2)14-5-7-16(8-6-14)21(19,20)18-11-10-17-9-3-4-15(17)12-18/h5-8,13,15H,3-4,9-12H2,1-2H3. The van der Waals surface area contributed by atoms with E-state index in [0.29, 0.717) is 29.9 Å². The number of benzene rings is 1. The zero-order valence-electron chi connectivity index (χ0n) is 12.8. The fourth-order valence-corrected chi connectivity index (χ4v) is 4.82. The van der Waals surface area contributed by atoms with Crippen LogP contribution in [0.3, 0.4) is 0 Å². The number of piperazine rings is 1. The van der Waals surface area contributed by atoms with Crippen LogP contribution >= 0.6 is 0 Å². The molecule has 2 saturated heterocycles. The molecule has 1 atom stereocenters. The highest BCUT2D eigenvalue weighted by Crippen LogP contribution is 2.26. The minimum Gasteiger partial charge on any atom is -0.298 e. The molecule has 2 heterocycles. The van der Waals surface area contributed by atoms with E-state index in [1.165, 1.54) is 12.0 Å². The van der Waals surface area contributed by atoms with Gasteiger partial charge >= 0.3 is 0 Å². The van der Waals surface area contributed by atoms with E-state index < -0.39 is 10.0 Å². The molecule has 0 saturated carbocycles. The van der Waals surface area contributed by atoms with Crippen LogP contribution in [0.1, 0.15) is 38.2 Å². The van der Waals surface area contributed by atoms with Gasteiger partial charge in [-0.05, 0) is 43.0 Å². The minimum atomic E-state index is -3.34. The van der Waals surface area contributed by atoms with Crippen molar-refractivity contribution in [2.45, 2.75) is 43.5 Å². The van der Waals surface area contributed by atoms with Gasteiger partial charge in [0.1, 0.15) is 0 Å². The Morgan fingerprint density at radius 3 is 2.48 bits per heavy atom. The number of hydrogen-bond donors (Lipinski definition) is 0. The van der Waals surface area contributed by atoms with E-state index in [1.807, 2.05) is 12.1 Å². The molecule has 0 aliphatic carbocycles. The molecule has 1 unspecified atom stereocenters. The summed E-state index contributed by atoms with van der Waals surface area (Å²) in [5.74, 6) is 0.420. The maximum atomic E-state index is 12.8. The summed E-state index contributed by atoms with van der Waals surface area (Å²) in [4.78, 5) is 2.85. The van der Waals surface area contributed by atoms with Crippen LogP contribution in [-0.4, -0.2) is 49.8 Å². The lowest BCUT2D eigenvalue weighted by Crippen LogP contribution is -2.51. The van der Waals surface area contributed by atoms with Gasteiger partial charge in [0.2, 0.25) is 10.0 Å². The largest absolute Gasteiger partial charge is 0.298 e. The summed E-state index contributed by atoms with van der Waals surface area (Å²) in [6.45, 7) is 7.49. The Morgan fingerprint density at radius 1 is 1.10 bits per heavy atom. The molecule has 21 heavy (non-hydrogen) atoms. The van der Waals surface area contributed by atoms with Crippen LogP contribution in [0.2, 0.25) is 0 Å². The smallest absolute Gasteiger partial charge is 0.243 e. The zero-order valence-corrected chi connectivity index (χ0v) is 13.6. The Hall–Kier alpha value is -0.910. The van der Waals surface area contributed by atoms with Crippen molar-refractivity contribution in [2.24, 2.45) is 0 Å². The molecular weight excluding hydrogens is 284 g/mol. The quantitative estimate of drug-likeness (QED) is 0.860. The Morgan fingerprint density at radius 2 is 1.81 bits per heavy atom. The van der Waals surface area contributed by atoms with Gasteiger partial charge in [-0.25, -0.2) is 8.42 Å². The van der Waals surface area contributed by atoms with Crippen molar-refractivity contribution in [3.05, 3.63) is 29.8 Å². The lowest BCUT2D eigenvalue weighted by atomic mass is 10.0. The van der Waals surface area contributed by atoms with E-state index >= 15 is 0 Å². The molecule has 116 valence electrons. The number of nitrogens with zero attached hydrogens (tertiary/aromatic N) is 2. The lowest BCUT2D eigenvalue weighted by Gasteiger charge is -2.36. The second-order valence-electron chi connectivity index (χ2n) is 6.42. The first-order valence-electron chi connectivity index (χ1n) is 7.82. The molecule has 0 radical (unpaired) electrons. The Bertz CT molecular complexity index is 595. The summed E-state index contributed by atoms with van der Waals surface area (Å²) >= 11 is 0. The molecule has 3 rings (SSSR count). The topological polar surface area (TPSA) is 40.6 Å². The maximum Gasteiger partial charge on any atom is 0.243 e. The first-order valence-corrected chi connectivity index (χ1v) is 9.26. The molecule has 1 aromatic rings. The third-order valence-corrected chi connectivity index (χ3v) is 6.61. The van der Waals surface area contributed by atoms with E-state index in [-0.39, 0.29) is 0 Å². The zero-order chi connectivity index (χ0) is 15.0. The summed E-state index contributed by atoms with van der Waals surface area (Å²) in [6.07, 6.45) is 2.32. The molecule has 2 aliphatic rings. The van der Waals surface area contributed by atoms with E-state index in [0.717, 1.165) is 19.5 Å². The van der Waals surface area contributed by atoms with Crippen molar-refractivity contribution in [1.82, 2.24) is 9.21 Å². The average Bonchev–Trinajstić information content (AvgIpc) is 2.94. The second-order valence-corrected chi connectivity index (χ2v) is 8.36. The first-order chi connectivity index (χ1) is 9.98. The Kier molecular flexibility index (Phi) is 4.08. The van der Waals surface area contributed by atoms with Crippen molar-refractivity contribution >= 4 is 10.0 Å². The van der Waals surface area contributed by atoms with Crippen LogP contribution in [0.25, 0.3) is 0 Å². The van der Waals surface area contributed by atoms with E-state index in [9.17, 15) is 8.42 Å². The van der Waals surface area contributed by atoms with Gasteiger partial charge in [0.05, 0.1) is 4.90 Å². The summed E-state index contributed by atoms with van der Waals surface area (Å²) in [5, 5.41) is 0.